The van der Waals surface area contributed by atoms with Crippen molar-refractivity contribution < 1.29 is 22.7 Å². The quantitative estimate of drug-likeness (QED) is 0.578. The highest BCUT2D eigenvalue weighted by molar-refractivity contribution is 7.89. The molecule has 2 rings (SSSR count). The van der Waals surface area contributed by atoms with E-state index in [1.165, 1.54) is 27.4 Å². The second-order valence-electron chi connectivity index (χ2n) is 6.57. The van der Waals surface area contributed by atoms with E-state index < -0.39 is 15.9 Å². The molecule has 0 N–H and O–H groups in total. The zero-order chi connectivity index (χ0) is 22.5. The van der Waals surface area contributed by atoms with Crippen LogP contribution in [0.2, 0.25) is 5.02 Å². The number of benzene rings is 2. The normalized spacial score (nSPS) is 11.4. The lowest BCUT2D eigenvalue weighted by atomic mass is 10.1. The zero-order valence-electron chi connectivity index (χ0n) is 17.8. The topological polar surface area (TPSA) is 76.2 Å². The molecule has 7 nitrogen and oxygen atoms in total. The average molecular weight is 455 g/mol. The molecule has 0 saturated carbocycles. The van der Waals surface area contributed by atoms with Crippen LogP contribution < -0.4 is 9.47 Å². The van der Waals surface area contributed by atoms with Crippen molar-refractivity contribution in [1.82, 2.24) is 9.21 Å². The van der Waals surface area contributed by atoms with Gasteiger partial charge in [-0.1, -0.05) is 25.4 Å². The van der Waals surface area contributed by atoms with Crippen LogP contribution in [-0.2, 0) is 16.6 Å². The van der Waals surface area contributed by atoms with Gasteiger partial charge in [0.05, 0.1) is 29.7 Å². The summed E-state index contributed by atoms with van der Waals surface area (Å²) in [5.41, 5.74) is 0.900. The smallest absolute Gasteiger partial charge is 0.255 e. The molecule has 30 heavy (non-hydrogen) atoms. The molecule has 0 bridgehead atoms. The molecule has 9 heteroatoms. The maximum atomic E-state index is 13.0. The van der Waals surface area contributed by atoms with E-state index >= 15 is 0 Å². The van der Waals surface area contributed by atoms with Gasteiger partial charge in [0.2, 0.25) is 10.0 Å². The predicted octanol–water partition coefficient (Wildman–Crippen LogP) is 3.66. The molecule has 0 aliphatic heterocycles. The zero-order valence-corrected chi connectivity index (χ0v) is 19.4. The van der Waals surface area contributed by atoms with Gasteiger partial charge >= 0.3 is 0 Å². The highest BCUT2D eigenvalue weighted by atomic mass is 35.5. The lowest BCUT2D eigenvalue weighted by molar-refractivity contribution is 0.0784. The van der Waals surface area contributed by atoms with E-state index in [4.69, 9.17) is 21.1 Å². The third-order valence-corrected chi connectivity index (χ3v) is 7.14. The fourth-order valence-corrected chi connectivity index (χ4v) is 4.74. The van der Waals surface area contributed by atoms with Crippen LogP contribution in [-0.4, -0.2) is 57.9 Å². The summed E-state index contributed by atoms with van der Waals surface area (Å²) >= 11 is 6.24. The number of halogens is 1. The van der Waals surface area contributed by atoms with Crippen LogP contribution in [0.15, 0.2) is 41.3 Å². The fourth-order valence-electron chi connectivity index (χ4n) is 3.06. The third-order valence-electron chi connectivity index (χ3n) is 4.76. The van der Waals surface area contributed by atoms with E-state index in [9.17, 15) is 13.2 Å². The standard InChI is InChI=1S/C21H27ClN2O5S/c1-6-24(7-2)30(26,27)17-10-11-19(22)18(13-17)21(25)23(3)14-15-8-9-16(28-4)12-20(15)29-5/h8-13H,6-7,14H2,1-5H3. The number of hydrogen-bond acceptors (Lipinski definition) is 5. The number of carbonyl (C=O) groups is 1. The van der Waals surface area contributed by atoms with Crippen molar-refractivity contribution in [3.05, 3.63) is 52.5 Å². The summed E-state index contributed by atoms with van der Waals surface area (Å²) in [6, 6.07) is 9.51. The molecule has 2 aromatic carbocycles. The van der Waals surface area contributed by atoms with Crippen molar-refractivity contribution in [1.29, 1.82) is 0 Å². The van der Waals surface area contributed by atoms with Crippen LogP contribution in [0.5, 0.6) is 11.5 Å². The van der Waals surface area contributed by atoms with Crippen molar-refractivity contribution in [2.24, 2.45) is 0 Å². The highest BCUT2D eigenvalue weighted by Gasteiger charge is 2.25. The molecular formula is C21H27ClN2O5S. The van der Waals surface area contributed by atoms with E-state index in [2.05, 4.69) is 0 Å². The van der Waals surface area contributed by atoms with Gasteiger partial charge in [0.15, 0.2) is 0 Å². The van der Waals surface area contributed by atoms with E-state index in [1.54, 1.807) is 47.2 Å². The number of nitrogens with zero attached hydrogens (tertiary/aromatic N) is 2. The molecule has 0 aromatic heterocycles. The number of ether oxygens (including phenoxy) is 2. The summed E-state index contributed by atoms with van der Waals surface area (Å²) < 4.78 is 37.5. The summed E-state index contributed by atoms with van der Waals surface area (Å²) in [5.74, 6) is 0.828. The Bertz CT molecular complexity index is 1010. The highest BCUT2D eigenvalue weighted by Crippen LogP contribution is 2.28. The van der Waals surface area contributed by atoms with Crippen molar-refractivity contribution in [3.8, 4) is 11.5 Å². The summed E-state index contributed by atoms with van der Waals surface area (Å²) in [6.07, 6.45) is 0. The maximum absolute atomic E-state index is 13.0. The molecule has 1 amide bonds. The summed E-state index contributed by atoms with van der Waals surface area (Å²) in [7, 11) is 1.01. The first-order chi connectivity index (χ1) is 14.2. The SMILES string of the molecule is CCN(CC)S(=O)(=O)c1ccc(Cl)c(C(=O)N(C)Cc2ccc(OC)cc2OC)c1. The van der Waals surface area contributed by atoms with Gasteiger partial charge in [-0.15, -0.1) is 0 Å². The second kappa shape index (κ2) is 10.1. The molecule has 0 saturated heterocycles. The third kappa shape index (κ3) is 5.06. The Labute approximate surface area is 183 Å². The number of hydrogen-bond donors (Lipinski definition) is 0. The van der Waals surface area contributed by atoms with Crippen molar-refractivity contribution in [3.63, 3.8) is 0 Å². The van der Waals surface area contributed by atoms with Crippen LogP contribution in [0.1, 0.15) is 29.8 Å². The van der Waals surface area contributed by atoms with E-state index in [0.29, 0.717) is 24.6 Å². The molecule has 0 fully saturated rings. The van der Waals surface area contributed by atoms with Crippen molar-refractivity contribution >= 4 is 27.5 Å². The minimum atomic E-state index is -3.71. The number of carbonyl (C=O) groups excluding carboxylic acids is 1. The Kier molecular flexibility index (Phi) is 8.11. The Morgan fingerprint density at radius 3 is 2.27 bits per heavy atom. The van der Waals surface area contributed by atoms with Crippen molar-refractivity contribution in [2.45, 2.75) is 25.3 Å². The Morgan fingerprint density at radius 1 is 1.03 bits per heavy atom. The first-order valence-electron chi connectivity index (χ1n) is 9.45. The minimum Gasteiger partial charge on any atom is -0.497 e. The number of sulfonamides is 1. The van der Waals surface area contributed by atoms with Gasteiger partial charge in [-0.3, -0.25) is 4.79 Å². The van der Waals surface area contributed by atoms with Crippen LogP contribution in [0.3, 0.4) is 0 Å². The van der Waals surface area contributed by atoms with Crippen molar-refractivity contribution in [2.75, 3.05) is 34.4 Å². The Morgan fingerprint density at radius 2 is 1.70 bits per heavy atom. The lowest BCUT2D eigenvalue weighted by Crippen LogP contribution is -2.31. The molecular weight excluding hydrogens is 428 g/mol. The van der Waals surface area contributed by atoms with E-state index in [-0.39, 0.29) is 22.0 Å². The maximum Gasteiger partial charge on any atom is 0.255 e. The molecule has 0 aliphatic rings. The first kappa shape index (κ1) is 24.0. The molecule has 0 radical (unpaired) electrons. The minimum absolute atomic E-state index is 0.0365. The van der Waals surface area contributed by atoms with Crippen LogP contribution in [0.4, 0.5) is 0 Å². The van der Waals surface area contributed by atoms with Gasteiger partial charge in [-0.05, 0) is 30.3 Å². The first-order valence-corrected chi connectivity index (χ1v) is 11.3. The summed E-state index contributed by atoms with van der Waals surface area (Å²) in [5, 5.41) is 0.187. The molecule has 0 heterocycles. The molecule has 2 aromatic rings. The Balaban J connectivity index is 2.35. The van der Waals surface area contributed by atoms with Crippen LogP contribution in [0, 0.1) is 0 Å². The largest absolute Gasteiger partial charge is 0.497 e. The van der Waals surface area contributed by atoms with Gasteiger partial charge < -0.3 is 14.4 Å². The van der Waals surface area contributed by atoms with Gasteiger partial charge in [-0.2, -0.15) is 4.31 Å². The summed E-state index contributed by atoms with van der Waals surface area (Å²) in [4.78, 5) is 14.5. The van der Waals surface area contributed by atoms with E-state index in [1.807, 2.05) is 6.07 Å². The number of methoxy groups -OCH3 is 2. The molecule has 0 aliphatic carbocycles. The monoisotopic (exact) mass is 454 g/mol. The number of rotatable bonds is 9. The van der Waals surface area contributed by atoms with Gasteiger partial charge in [0, 0.05) is 38.3 Å². The fraction of sp³-hybridized carbons (Fsp3) is 0.381. The second-order valence-corrected chi connectivity index (χ2v) is 8.92. The molecule has 0 spiro atoms. The van der Waals surface area contributed by atoms with E-state index in [0.717, 1.165) is 5.56 Å². The summed E-state index contributed by atoms with van der Waals surface area (Å²) in [6.45, 7) is 4.44. The van der Waals surface area contributed by atoms with Crippen LogP contribution in [0.25, 0.3) is 0 Å². The predicted molar refractivity (Wildman–Crippen MR) is 117 cm³/mol. The van der Waals surface area contributed by atoms with Crippen LogP contribution >= 0.6 is 11.6 Å². The van der Waals surface area contributed by atoms with Gasteiger partial charge in [0.25, 0.3) is 5.91 Å². The number of amides is 1. The molecule has 164 valence electrons. The van der Waals surface area contributed by atoms with Gasteiger partial charge in [-0.25, -0.2) is 8.42 Å². The lowest BCUT2D eigenvalue weighted by Gasteiger charge is -2.21. The Hall–Kier alpha value is -2.29. The molecule has 0 atom stereocenters. The molecule has 0 unspecified atom stereocenters. The average Bonchev–Trinajstić information content (AvgIpc) is 2.74. The van der Waals surface area contributed by atoms with Gasteiger partial charge in [0.1, 0.15) is 11.5 Å².